The molecule has 8 nitrogen and oxygen atoms in total. The molecule has 0 radical (unpaired) electrons. The van der Waals surface area contributed by atoms with E-state index in [-0.39, 0.29) is 18.7 Å². The fourth-order valence-corrected chi connectivity index (χ4v) is 4.14. The third-order valence-corrected chi connectivity index (χ3v) is 5.90. The third kappa shape index (κ3) is 3.33. The highest BCUT2D eigenvalue weighted by molar-refractivity contribution is 6.23. The summed E-state index contributed by atoms with van der Waals surface area (Å²) in [6.07, 6.45) is 1.40. The van der Waals surface area contributed by atoms with Gasteiger partial charge in [-0.1, -0.05) is 13.0 Å². The summed E-state index contributed by atoms with van der Waals surface area (Å²) in [4.78, 5) is 50.0. The van der Waals surface area contributed by atoms with Crippen LogP contribution in [0.5, 0.6) is 0 Å². The van der Waals surface area contributed by atoms with Crippen molar-refractivity contribution in [3.8, 4) is 0 Å². The number of hydrogen-bond donors (Lipinski definition) is 3. The highest BCUT2D eigenvalue weighted by Crippen LogP contribution is 2.28. The molecule has 1 aromatic carbocycles. The molecule has 28 heavy (non-hydrogen) atoms. The lowest BCUT2D eigenvalue weighted by Gasteiger charge is -2.30. The van der Waals surface area contributed by atoms with Crippen molar-refractivity contribution in [2.24, 2.45) is 5.92 Å². The molecule has 0 aromatic heterocycles. The van der Waals surface area contributed by atoms with Crippen LogP contribution in [0.2, 0.25) is 0 Å². The van der Waals surface area contributed by atoms with Gasteiger partial charge in [-0.3, -0.25) is 29.4 Å². The van der Waals surface area contributed by atoms with Crippen molar-refractivity contribution in [3.63, 3.8) is 0 Å². The van der Waals surface area contributed by atoms with Gasteiger partial charge >= 0.3 is 0 Å². The Kier molecular flexibility index (Phi) is 4.99. The fourth-order valence-electron chi connectivity index (χ4n) is 4.14. The first-order valence-corrected chi connectivity index (χ1v) is 9.74. The van der Waals surface area contributed by atoms with E-state index in [2.05, 4.69) is 22.9 Å². The van der Waals surface area contributed by atoms with Gasteiger partial charge in [-0.2, -0.15) is 0 Å². The maximum absolute atomic E-state index is 12.9. The summed E-state index contributed by atoms with van der Waals surface area (Å²) in [5.41, 5.74) is 1.55. The van der Waals surface area contributed by atoms with Crippen LogP contribution in [0, 0.1) is 5.92 Å². The smallest absolute Gasteiger partial charge is 0.262 e. The Bertz CT molecular complexity index is 853. The van der Waals surface area contributed by atoms with E-state index in [1.54, 1.807) is 12.1 Å². The van der Waals surface area contributed by atoms with Gasteiger partial charge in [-0.05, 0) is 43.0 Å². The molecule has 3 heterocycles. The number of benzene rings is 1. The molecule has 3 N–H and O–H groups in total. The predicted molar refractivity (Wildman–Crippen MR) is 100 cm³/mol. The third-order valence-electron chi connectivity index (χ3n) is 5.90. The van der Waals surface area contributed by atoms with Crippen molar-refractivity contribution in [1.29, 1.82) is 0 Å². The standard InChI is InChI=1S/C20H24N4O4/c1-11-6-7-21-10-15(11)22-9-12-2-3-13-14(8-12)20(28)24(19(13)27)16-4-5-17(25)23-18(16)26/h2-3,8,11,15-16,21-22H,4-7,9-10H2,1H3,(H,23,25,26). The molecule has 1 aromatic rings. The van der Waals surface area contributed by atoms with Crippen LogP contribution in [0.15, 0.2) is 18.2 Å². The molecule has 4 amide bonds. The molecule has 0 aliphatic carbocycles. The second-order valence-corrected chi connectivity index (χ2v) is 7.78. The number of rotatable bonds is 4. The normalized spacial score (nSPS) is 27.8. The summed E-state index contributed by atoms with van der Waals surface area (Å²) < 4.78 is 0. The van der Waals surface area contributed by atoms with Crippen LogP contribution in [-0.2, 0) is 16.1 Å². The highest BCUT2D eigenvalue weighted by Gasteiger charge is 2.44. The van der Waals surface area contributed by atoms with Gasteiger partial charge in [-0.15, -0.1) is 0 Å². The summed E-state index contributed by atoms with van der Waals surface area (Å²) in [5.74, 6) is -1.34. The number of nitrogens with zero attached hydrogens (tertiary/aromatic N) is 1. The second-order valence-electron chi connectivity index (χ2n) is 7.78. The first-order valence-electron chi connectivity index (χ1n) is 9.74. The number of carbonyl (C=O) groups excluding carboxylic acids is 4. The van der Waals surface area contributed by atoms with Gasteiger partial charge in [0.1, 0.15) is 6.04 Å². The minimum absolute atomic E-state index is 0.118. The van der Waals surface area contributed by atoms with Gasteiger partial charge in [0.15, 0.2) is 0 Å². The molecule has 2 saturated heterocycles. The van der Waals surface area contributed by atoms with E-state index >= 15 is 0 Å². The second kappa shape index (κ2) is 7.44. The summed E-state index contributed by atoms with van der Waals surface area (Å²) >= 11 is 0. The molecule has 2 fully saturated rings. The zero-order valence-electron chi connectivity index (χ0n) is 15.8. The van der Waals surface area contributed by atoms with E-state index in [0.29, 0.717) is 29.6 Å². The number of nitrogens with one attached hydrogen (secondary N) is 3. The van der Waals surface area contributed by atoms with E-state index in [0.717, 1.165) is 30.0 Å². The Morgan fingerprint density at radius 3 is 2.64 bits per heavy atom. The molecule has 3 atom stereocenters. The Balaban J connectivity index is 1.49. The Morgan fingerprint density at radius 1 is 1.11 bits per heavy atom. The monoisotopic (exact) mass is 384 g/mol. The fraction of sp³-hybridized carbons (Fsp3) is 0.500. The maximum Gasteiger partial charge on any atom is 0.262 e. The molecule has 0 spiro atoms. The van der Waals surface area contributed by atoms with Crippen molar-refractivity contribution < 1.29 is 19.2 Å². The quantitative estimate of drug-likeness (QED) is 0.639. The molecule has 8 heteroatoms. The van der Waals surface area contributed by atoms with E-state index < -0.39 is 23.8 Å². The molecule has 0 bridgehead atoms. The van der Waals surface area contributed by atoms with Gasteiger partial charge in [0, 0.05) is 25.6 Å². The number of imide groups is 2. The van der Waals surface area contributed by atoms with Crippen molar-refractivity contribution in [3.05, 3.63) is 34.9 Å². The molecule has 3 aliphatic rings. The lowest BCUT2D eigenvalue weighted by Crippen LogP contribution is -2.54. The number of piperidine rings is 2. The molecule has 0 saturated carbocycles. The molecule has 3 aliphatic heterocycles. The van der Waals surface area contributed by atoms with E-state index in [4.69, 9.17) is 0 Å². The first kappa shape index (κ1) is 18.8. The lowest BCUT2D eigenvalue weighted by atomic mass is 9.94. The Morgan fingerprint density at radius 2 is 1.89 bits per heavy atom. The van der Waals surface area contributed by atoms with Gasteiger partial charge in [0.25, 0.3) is 11.8 Å². The SMILES string of the molecule is CC1CCNCC1NCc1ccc2c(c1)C(=O)N(C1CCC(=O)NC1=O)C2=O. The molecule has 3 unspecified atom stereocenters. The van der Waals surface area contributed by atoms with Crippen LogP contribution in [0.1, 0.15) is 52.5 Å². The lowest BCUT2D eigenvalue weighted by molar-refractivity contribution is -0.136. The van der Waals surface area contributed by atoms with Crippen molar-refractivity contribution in [1.82, 2.24) is 20.9 Å². The molecular formula is C20H24N4O4. The first-order chi connectivity index (χ1) is 13.5. The number of carbonyl (C=O) groups is 4. The van der Waals surface area contributed by atoms with E-state index in [1.165, 1.54) is 0 Å². The minimum Gasteiger partial charge on any atom is -0.315 e. The predicted octanol–water partition coefficient (Wildman–Crippen LogP) is 0.175. The zero-order chi connectivity index (χ0) is 19.8. The molecular weight excluding hydrogens is 360 g/mol. The van der Waals surface area contributed by atoms with E-state index in [9.17, 15) is 19.2 Å². The zero-order valence-corrected chi connectivity index (χ0v) is 15.8. The van der Waals surface area contributed by atoms with Crippen molar-refractivity contribution in [2.75, 3.05) is 13.1 Å². The highest BCUT2D eigenvalue weighted by atomic mass is 16.2. The summed E-state index contributed by atoms with van der Waals surface area (Å²) in [6.45, 7) is 4.77. The summed E-state index contributed by atoms with van der Waals surface area (Å²) in [7, 11) is 0. The van der Waals surface area contributed by atoms with Gasteiger partial charge in [-0.25, -0.2) is 0 Å². The Hall–Kier alpha value is -2.58. The number of fused-ring (bicyclic) bond motifs is 1. The minimum atomic E-state index is -0.930. The topological polar surface area (TPSA) is 108 Å². The number of hydrogen-bond acceptors (Lipinski definition) is 6. The maximum atomic E-state index is 12.9. The van der Waals surface area contributed by atoms with Gasteiger partial charge < -0.3 is 10.6 Å². The van der Waals surface area contributed by atoms with Crippen LogP contribution >= 0.6 is 0 Å². The van der Waals surface area contributed by atoms with Gasteiger partial charge in [0.05, 0.1) is 11.1 Å². The van der Waals surface area contributed by atoms with Gasteiger partial charge in [0.2, 0.25) is 11.8 Å². The largest absolute Gasteiger partial charge is 0.315 e. The molecule has 4 rings (SSSR count). The van der Waals surface area contributed by atoms with Crippen LogP contribution in [0.3, 0.4) is 0 Å². The number of amides is 4. The van der Waals surface area contributed by atoms with E-state index in [1.807, 2.05) is 6.07 Å². The van der Waals surface area contributed by atoms with Crippen molar-refractivity contribution >= 4 is 23.6 Å². The van der Waals surface area contributed by atoms with Crippen LogP contribution < -0.4 is 16.0 Å². The molecule has 148 valence electrons. The van der Waals surface area contributed by atoms with Crippen molar-refractivity contribution in [2.45, 2.75) is 44.8 Å². The summed E-state index contributed by atoms with van der Waals surface area (Å²) in [5, 5.41) is 9.10. The van der Waals surface area contributed by atoms with Crippen LogP contribution in [0.25, 0.3) is 0 Å². The summed E-state index contributed by atoms with van der Waals surface area (Å²) in [6, 6.07) is 4.66. The van der Waals surface area contributed by atoms with Crippen LogP contribution in [0.4, 0.5) is 0 Å². The average Bonchev–Trinajstić information content (AvgIpc) is 2.92. The Labute approximate surface area is 163 Å². The van der Waals surface area contributed by atoms with Crippen LogP contribution in [-0.4, -0.2) is 53.7 Å². The average molecular weight is 384 g/mol.